The molecule has 0 aliphatic heterocycles. The van der Waals surface area contributed by atoms with Crippen LogP contribution in [0.25, 0.3) is 0 Å². The fourth-order valence-electron chi connectivity index (χ4n) is 5.34. The van der Waals surface area contributed by atoms with Crippen molar-refractivity contribution in [2.45, 2.75) is 40.3 Å². The van der Waals surface area contributed by atoms with Gasteiger partial charge >= 0.3 is 0 Å². The standard InChI is InChI=1S/C21H26Cl2Si2/c22-20(14-7-3-1-4-8-14)24-18-16-11-12-17(13-16)19(18)25-21(23)15-9-5-2-6-10-15/h1-10,16-21H,11-13,24-25H2. The molecule has 2 bridgehead atoms. The molecule has 4 rings (SSSR count). The molecule has 2 aromatic carbocycles. The first-order valence-electron chi connectivity index (χ1n) is 9.60. The van der Waals surface area contributed by atoms with Crippen molar-refractivity contribution >= 4 is 42.2 Å². The smallest absolute Gasteiger partial charge is 0.0508 e. The third kappa shape index (κ3) is 3.92. The van der Waals surface area contributed by atoms with Crippen molar-refractivity contribution < 1.29 is 0 Å². The molecule has 2 aliphatic carbocycles. The second-order valence-electron chi connectivity index (χ2n) is 7.89. The zero-order chi connectivity index (χ0) is 17.2. The van der Waals surface area contributed by atoms with E-state index < -0.39 is 0 Å². The Labute approximate surface area is 166 Å². The Bertz CT molecular complexity index is 619. The van der Waals surface area contributed by atoms with Gasteiger partial charge in [-0.05, 0) is 40.5 Å². The molecule has 0 aromatic heterocycles. The van der Waals surface area contributed by atoms with Gasteiger partial charge in [0.25, 0.3) is 0 Å². The van der Waals surface area contributed by atoms with E-state index in [9.17, 15) is 0 Å². The number of hydrogen-bond donors (Lipinski definition) is 0. The molecule has 4 heteroatoms. The van der Waals surface area contributed by atoms with Crippen molar-refractivity contribution in [2.24, 2.45) is 11.8 Å². The maximum absolute atomic E-state index is 6.89. The number of alkyl halides is 2. The van der Waals surface area contributed by atoms with Crippen LogP contribution in [0, 0.1) is 11.8 Å². The molecule has 132 valence electrons. The van der Waals surface area contributed by atoms with Gasteiger partial charge in [0.15, 0.2) is 0 Å². The van der Waals surface area contributed by atoms with E-state index in [1.165, 1.54) is 30.4 Å². The molecule has 2 fully saturated rings. The van der Waals surface area contributed by atoms with Gasteiger partial charge in [0.05, 0.1) is 19.0 Å². The Hall–Kier alpha value is -0.546. The van der Waals surface area contributed by atoms with Gasteiger partial charge < -0.3 is 0 Å². The maximum Gasteiger partial charge on any atom is 0.0508 e. The quantitative estimate of drug-likeness (QED) is 0.457. The minimum absolute atomic E-state index is 0.285. The normalized spacial score (nSPS) is 31.3. The van der Waals surface area contributed by atoms with Crippen LogP contribution in [0.4, 0.5) is 0 Å². The molecule has 2 aromatic rings. The van der Waals surface area contributed by atoms with E-state index in [-0.39, 0.29) is 29.0 Å². The molecule has 25 heavy (non-hydrogen) atoms. The molecular weight excluding hydrogens is 379 g/mol. The van der Waals surface area contributed by atoms with Crippen LogP contribution in [-0.2, 0) is 0 Å². The first-order chi connectivity index (χ1) is 12.2. The van der Waals surface area contributed by atoms with E-state index in [0.717, 1.165) is 22.9 Å². The summed E-state index contributed by atoms with van der Waals surface area (Å²) >= 11 is 13.8. The van der Waals surface area contributed by atoms with Crippen LogP contribution in [0.3, 0.4) is 0 Å². The number of fused-ring (bicyclic) bond motifs is 2. The van der Waals surface area contributed by atoms with Gasteiger partial charge in [-0.2, -0.15) is 0 Å². The second-order valence-corrected chi connectivity index (χ2v) is 14.4. The summed E-state index contributed by atoms with van der Waals surface area (Å²) in [7, 11) is -0.686. The van der Waals surface area contributed by atoms with Crippen LogP contribution in [0.2, 0.25) is 11.1 Å². The van der Waals surface area contributed by atoms with E-state index in [1.54, 1.807) is 0 Å². The lowest BCUT2D eigenvalue weighted by Crippen LogP contribution is -2.26. The zero-order valence-corrected chi connectivity index (χ0v) is 18.9. The van der Waals surface area contributed by atoms with Crippen molar-refractivity contribution in [1.29, 1.82) is 0 Å². The van der Waals surface area contributed by atoms with Gasteiger partial charge in [-0.3, -0.25) is 0 Å². The molecule has 6 atom stereocenters. The van der Waals surface area contributed by atoms with Crippen molar-refractivity contribution in [1.82, 2.24) is 0 Å². The van der Waals surface area contributed by atoms with E-state index in [4.69, 9.17) is 23.2 Å². The predicted octanol–water partition coefficient (Wildman–Crippen LogP) is 5.21. The Morgan fingerprint density at radius 2 is 1.08 bits per heavy atom. The summed E-state index contributed by atoms with van der Waals surface area (Å²) in [5, 5.41) is 0.570. The van der Waals surface area contributed by atoms with Gasteiger partial charge in [-0.25, -0.2) is 0 Å². The number of hydrogen-bond acceptors (Lipinski definition) is 0. The van der Waals surface area contributed by atoms with Gasteiger partial charge in [0.1, 0.15) is 0 Å². The van der Waals surface area contributed by atoms with E-state index in [0.29, 0.717) is 0 Å². The molecule has 0 amide bonds. The van der Waals surface area contributed by atoms with Gasteiger partial charge in [-0.1, -0.05) is 73.5 Å². The van der Waals surface area contributed by atoms with Gasteiger partial charge in [0.2, 0.25) is 0 Å². The minimum atomic E-state index is -0.343. The van der Waals surface area contributed by atoms with Crippen LogP contribution >= 0.6 is 23.2 Å². The summed E-state index contributed by atoms with van der Waals surface area (Å²) in [5.74, 6) is 1.91. The fourth-order valence-corrected chi connectivity index (χ4v) is 13.2. The van der Waals surface area contributed by atoms with Crippen LogP contribution in [-0.4, -0.2) is 19.0 Å². The van der Waals surface area contributed by atoms with E-state index in [1.807, 2.05) is 0 Å². The van der Waals surface area contributed by atoms with Crippen LogP contribution in [0.1, 0.15) is 40.4 Å². The van der Waals surface area contributed by atoms with Crippen molar-refractivity contribution in [2.75, 3.05) is 0 Å². The molecule has 2 aliphatic rings. The second kappa shape index (κ2) is 8.00. The first kappa shape index (κ1) is 17.8. The molecule has 0 heterocycles. The number of halogens is 2. The third-order valence-electron chi connectivity index (χ3n) is 6.56. The highest BCUT2D eigenvalue weighted by atomic mass is 35.5. The van der Waals surface area contributed by atoms with Crippen molar-refractivity contribution in [3.63, 3.8) is 0 Å². The molecule has 0 radical (unpaired) electrons. The highest BCUT2D eigenvalue weighted by Gasteiger charge is 2.48. The average Bonchev–Trinajstić information content (AvgIpc) is 3.26. The largest absolute Gasteiger partial charge is 0.122 e. The summed E-state index contributed by atoms with van der Waals surface area (Å²) in [5.41, 5.74) is 4.53. The molecule has 6 unspecified atom stereocenters. The highest BCUT2D eigenvalue weighted by Crippen LogP contribution is 2.60. The third-order valence-corrected chi connectivity index (χ3v) is 14.2. The zero-order valence-electron chi connectivity index (χ0n) is 14.5. The van der Waals surface area contributed by atoms with Gasteiger partial charge in [0, 0.05) is 10.0 Å². The van der Waals surface area contributed by atoms with Crippen LogP contribution in [0.15, 0.2) is 60.7 Å². The lowest BCUT2D eigenvalue weighted by atomic mass is 9.99. The molecule has 0 spiro atoms. The topological polar surface area (TPSA) is 0 Å². The fraction of sp³-hybridized carbons (Fsp3) is 0.429. The van der Waals surface area contributed by atoms with Crippen LogP contribution < -0.4 is 0 Å². The number of benzene rings is 2. The summed E-state index contributed by atoms with van der Waals surface area (Å²) in [4.78, 5) is 0. The van der Waals surface area contributed by atoms with Crippen molar-refractivity contribution in [3.05, 3.63) is 71.8 Å². The molecular formula is C21H26Cl2Si2. The highest BCUT2D eigenvalue weighted by molar-refractivity contribution is 6.59. The molecule has 0 nitrogen and oxygen atoms in total. The van der Waals surface area contributed by atoms with Gasteiger partial charge in [-0.15, -0.1) is 23.2 Å². The summed E-state index contributed by atoms with van der Waals surface area (Å²) < 4.78 is 0. The molecule has 2 saturated carbocycles. The minimum Gasteiger partial charge on any atom is -0.122 e. The Balaban J connectivity index is 1.46. The summed E-state index contributed by atoms with van der Waals surface area (Å²) in [6.07, 6.45) is 4.36. The Morgan fingerprint density at radius 1 is 0.680 bits per heavy atom. The summed E-state index contributed by atoms with van der Waals surface area (Å²) in [6, 6.07) is 21.5. The van der Waals surface area contributed by atoms with E-state index >= 15 is 0 Å². The van der Waals surface area contributed by atoms with E-state index in [2.05, 4.69) is 60.7 Å². The number of rotatable bonds is 6. The summed E-state index contributed by atoms with van der Waals surface area (Å²) in [6.45, 7) is 0. The first-order valence-corrected chi connectivity index (χ1v) is 13.7. The Morgan fingerprint density at radius 3 is 1.48 bits per heavy atom. The van der Waals surface area contributed by atoms with Crippen molar-refractivity contribution in [3.8, 4) is 0 Å². The SMILES string of the molecule is ClC([SiH2]C1C2CCC(C2)C1[SiH2]C(Cl)c1ccccc1)c1ccccc1. The Kier molecular flexibility index (Phi) is 5.71. The lowest BCUT2D eigenvalue weighted by molar-refractivity contribution is 0.472. The van der Waals surface area contributed by atoms with Crippen LogP contribution in [0.5, 0.6) is 0 Å². The monoisotopic (exact) mass is 404 g/mol. The molecule has 0 saturated heterocycles. The predicted molar refractivity (Wildman–Crippen MR) is 115 cm³/mol. The average molecular weight is 406 g/mol. The molecule has 0 N–H and O–H groups in total. The maximum atomic E-state index is 6.89. The lowest BCUT2D eigenvalue weighted by Gasteiger charge is -2.33.